The molecule has 2 saturated heterocycles. The van der Waals surface area contributed by atoms with Gasteiger partial charge in [0.2, 0.25) is 10.0 Å². The van der Waals surface area contributed by atoms with E-state index in [1.54, 1.807) is 4.31 Å². The zero-order chi connectivity index (χ0) is 16.1. The smallest absolute Gasteiger partial charge is 0.217 e. The van der Waals surface area contributed by atoms with Crippen LogP contribution >= 0.6 is 0 Å². The molecule has 1 saturated carbocycles. The van der Waals surface area contributed by atoms with Crippen molar-refractivity contribution in [3.05, 3.63) is 18.0 Å². The van der Waals surface area contributed by atoms with E-state index in [2.05, 4.69) is 16.2 Å². The summed E-state index contributed by atoms with van der Waals surface area (Å²) in [7, 11) is -1.07. The van der Waals surface area contributed by atoms with E-state index >= 15 is 0 Å². The predicted octanol–water partition coefficient (Wildman–Crippen LogP) is 1.20. The molecule has 7 heteroatoms. The average molecular weight is 338 g/mol. The summed E-state index contributed by atoms with van der Waals surface area (Å²) in [6.07, 6.45) is 9.06. The van der Waals surface area contributed by atoms with Gasteiger partial charge in [0.25, 0.3) is 0 Å². The van der Waals surface area contributed by atoms with E-state index in [-0.39, 0.29) is 10.7 Å². The van der Waals surface area contributed by atoms with E-state index in [1.807, 2.05) is 17.9 Å². The van der Waals surface area contributed by atoms with Crippen LogP contribution in [0.1, 0.15) is 37.7 Å². The van der Waals surface area contributed by atoms with Crippen LogP contribution in [-0.4, -0.2) is 58.8 Å². The number of aromatic nitrogens is 2. The minimum Gasteiger partial charge on any atom is -0.298 e. The Kier molecular flexibility index (Phi) is 3.77. The molecule has 128 valence electrons. The van der Waals surface area contributed by atoms with Crippen molar-refractivity contribution in [2.24, 2.45) is 12.5 Å². The summed E-state index contributed by atoms with van der Waals surface area (Å²) in [5.74, 6) is 0. The SMILES string of the molecule is Cn1cc(CN2CCCC3(CCN(S(=O)(=O)C4CC4)C3)C2)cn1. The Hall–Kier alpha value is -0.920. The van der Waals surface area contributed by atoms with Crippen LogP contribution in [0.3, 0.4) is 0 Å². The predicted molar refractivity (Wildman–Crippen MR) is 88.3 cm³/mol. The first-order valence-corrected chi connectivity index (χ1v) is 10.2. The molecule has 0 aromatic carbocycles. The molecule has 2 aliphatic heterocycles. The molecule has 0 N–H and O–H groups in total. The second-order valence-electron chi connectivity index (χ2n) is 7.66. The third-order valence-corrected chi connectivity index (χ3v) is 7.96. The highest BCUT2D eigenvalue weighted by atomic mass is 32.2. The third-order valence-electron chi connectivity index (χ3n) is 5.61. The van der Waals surface area contributed by atoms with Gasteiger partial charge in [0.15, 0.2) is 0 Å². The zero-order valence-electron chi connectivity index (χ0n) is 13.8. The van der Waals surface area contributed by atoms with E-state index in [1.165, 1.54) is 5.56 Å². The largest absolute Gasteiger partial charge is 0.298 e. The molecule has 6 nitrogen and oxygen atoms in total. The van der Waals surface area contributed by atoms with Gasteiger partial charge in [-0.3, -0.25) is 9.58 Å². The Balaban J connectivity index is 1.42. The number of hydrogen-bond donors (Lipinski definition) is 0. The first kappa shape index (κ1) is 15.6. The van der Waals surface area contributed by atoms with E-state index in [0.717, 1.165) is 64.8 Å². The highest BCUT2D eigenvalue weighted by Crippen LogP contribution is 2.42. The molecule has 4 rings (SSSR count). The fourth-order valence-electron chi connectivity index (χ4n) is 4.28. The summed E-state index contributed by atoms with van der Waals surface area (Å²) in [6, 6.07) is 0. The van der Waals surface area contributed by atoms with Gasteiger partial charge in [-0.1, -0.05) is 0 Å². The number of aryl methyl sites for hydroxylation is 1. The molecule has 1 aromatic heterocycles. The maximum Gasteiger partial charge on any atom is 0.217 e. The molecular weight excluding hydrogens is 312 g/mol. The Morgan fingerprint density at radius 2 is 2.09 bits per heavy atom. The molecule has 1 aliphatic carbocycles. The molecule has 3 fully saturated rings. The normalized spacial score (nSPS) is 30.3. The van der Waals surface area contributed by atoms with E-state index in [0.29, 0.717) is 0 Å². The van der Waals surface area contributed by atoms with Crippen LogP contribution in [-0.2, 0) is 23.6 Å². The van der Waals surface area contributed by atoms with Crippen LogP contribution in [0.25, 0.3) is 0 Å². The molecule has 23 heavy (non-hydrogen) atoms. The number of rotatable bonds is 4. The number of hydrogen-bond acceptors (Lipinski definition) is 4. The highest BCUT2D eigenvalue weighted by Gasteiger charge is 2.48. The number of likely N-dealkylation sites (tertiary alicyclic amines) is 1. The topological polar surface area (TPSA) is 58.4 Å². The second kappa shape index (κ2) is 5.57. The molecule has 1 atom stereocenters. The minimum absolute atomic E-state index is 0.0762. The quantitative estimate of drug-likeness (QED) is 0.828. The van der Waals surface area contributed by atoms with Crippen molar-refractivity contribution in [2.45, 2.75) is 43.9 Å². The van der Waals surface area contributed by atoms with Crippen LogP contribution in [0.5, 0.6) is 0 Å². The lowest BCUT2D eigenvalue weighted by Crippen LogP contribution is -2.45. The molecule has 1 aromatic rings. The molecule has 3 heterocycles. The van der Waals surface area contributed by atoms with Crippen molar-refractivity contribution in [3.8, 4) is 0 Å². The van der Waals surface area contributed by atoms with Gasteiger partial charge in [0, 0.05) is 45.0 Å². The molecular formula is C16H26N4O2S. The van der Waals surface area contributed by atoms with Gasteiger partial charge >= 0.3 is 0 Å². The zero-order valence-corrected chi connectivity index (χ0v) is 14.6. The van der Waals surface area contributed by atoms with Gasteiger partial charge < -0.3 is 0 Å². The summed E-state index contributed by atoms with van der Waals surface area (Å²) < 4.78 is 28.6. The van der Waals surface area contributed by atoms with Crippen LogP contribution in [0, 0.1) is 5.41 Å². The van der Waals surface area contributed by atoms with Crippen molar-refractivity contribution in [2.75, 3.05) is 26.2 Å². The van der Waals surface area contributed by atoms with Gasteiger partial charge in [-0.05, 0) is 44.1 Å². The van der Waals surface area contributed by atoms with Crippen LogP contribution < -0.4 is 0 Å². The standard InChI is InChI=1S/C16H26N4O2S/c1-18-10-14(9-17-18)11-19-7-2-5-16(12-19)6-8-20(13-16)23(21,22)15-3-4-15/h9-10,15H,2-8,11-13H2,1H3. The summed E-state index contributed by atoms with van der Waals surface area (Å²) in [5.41, 5.74) is 1.41. The van der Waals surface area contributed by atoms with E-state index in [4.69, 9.17) is 0 Å². The third kappa shape index (κ3) is 3.06. The lowest BCUT2D eigenvalue weighted by Gasteiger charge is -2.40. The summed E-state index contributed by atoms with van der Waals surface area (Å²) >= 11 is 0. The fraction of sp³-hybridized carbons (Fsp3) is 0.812. The van der Waals surface area contributed by atoms with Crippen molar-refractivity contribution >= 4 is 10.0 Å². The fourth-order valence-corrected chi connectivity index (χ4v) is 6.23. The molecule has 1 unspecified atom stereocenters. The van der Waals surface area contributed by atoms with E-state index < -0.39 is 10.0 Å². The molecule has 0 amide bonds. The van der Waals surface area contributed by atoms with Gasteiger partial charge in [-0.25, -0.2) is 12.7 Å². The number of nitrogens with zero attached hydrogens (tertiary/aromatic N) is 4. The Labute approximate surface area is 138 Å². The highest BCUT2D eigenvalue weighted by molar-refractivity contribution is 7.90. The van der Waals surface area contributed by atoms with Crippen molar-refractivity contribution < 1.29 is 8.42 Å². The Morgan fingerprint density at radius 3 is 2.78 bits per heavy atom. The minimum atomic E-state index is -3.01. The van der Waals surface area contributed by atoms with Crippen molar-refractivity contribution in [3.63, 3.8) is 0 Å². The Bertz CT molecular complexity index is 682. The van der Waals surface area contributed by atoms with Gasteiger partial charge in [-0.2, -0.15) is 5.10 Å². The lowest BCUT2D eigenvalue weighted by atomic mass is 9.79. The summed E-state index contributed by atoms with van der Waals surface area (Å²) in [5, 5.41) is 4.17. The van der Waals surface area contributed by atoms with Crippen LogP contribution in [0.4, 0.5) is 0 Å². The van der Waals surface area contributed by atoms with Crippen molar-refractivity contribution in [1.82, 2.24) is 19.0 Å². The Morgan fingerprint density at radius 1 is 1.26 bits per heavy atom. The molecule has 1 spiro atoms. The van der Waals surface area contributed by atoms with Gasteiger partial charge in [-0.15, -0.1) is 0 Å². The molecule has 0 radical (unpaired) electrons. The molecule has 3 aliphatic rings. The summed E-state index contributed by atoms with van der Waals surface area (Å²) in [6.45, 7) is 4.49. The number of piperidine rings is 1. The summed E-state index contributed by atoms with van der Waals surface area (Å²) in [4.78, 5) is 2.48. The number of sulfonamides is 1. The monoisotopic (exact) mass is 338 g/mol. The maximum absolute atomic E-state index is 12.5. The van der Waals surface area contributed by atoms with Crippen molar-refractivity contribution in [1.29, 1.82) is 0 Å². The average Bonchev–Trinajstić information content (AvgIpc) is 3.19. The first-order chi connectivity index (χ1) is 11.0. The van der Waals surface area contributed by atoms with Gasteiger partial charge in [0.1, 0.15) is 0 Å². The second-order valence-corrected chi connectivity index (χ2v) is 9.88. The lowest BCUT2D eigenvalue weighted by molar-refractivity contribution is 0.0935. The maximum atomic E-state index is 12.5. The van der Waals surface area contributed by atoms with Crippen LogP contribution in [0.2, 0.25) is 0 Å². The molecule has 0 bridgehead atoms. The van der Waals surface area contributed by atoms with E-state index in [9.17, 15) is 8.42 Å². The van der Waals surface area contributed by atoms with Crippen LogP contribution in [0.15, 0.2) is 12.4 Å². The first-order valence-electron chi connectivity index (χ1n) is 8.66. The van der Waals surface area contributed by atoms with Gasteiger partial charge in [0.05, 0.1) is 11.4 Å².